The minimum absolute atomic E-state index is 0.0187. The van der Waals surface area contributed by atoms with Gasteiger partial charge in [0.1, 0.15) is 5.56 Å². The Hall–Kier alpha value is -2.87. The number of anilines is 1. The van der Waals surface area contributed by atoms with Crippen LogP contribution in [0.2, 0.25) is 0 Å². The summed E-state index contributed by atoms with van der Waals surface area (Å²) in [5.41, 5.74) is 0.0818. The van der Waals surface area contributed by atoms with Crippen LogP contribution in [0, 0.1) is 11.6 Å². The maximum absolute atomic E-state index is 13.2. The highest BCUT2D eigenvalue weighted by Crippen LogP contribution is 2.22. The molecule has 0 aliphatic carbocycles. The second-order valence-electron chi connectivity index (χ2n) is 4.92. The SMILES string of the molecule is O=C(Nc1ncc(Cc2ccc(F)c(F)c2)s1)c1ccc[nH]c1=O. The van der Waals surface area contributed by atoms with Crippen molar-refractivity contribution in [3.05, 3.63) is 80.7 Å². The number of hydrogen-bond donors (Lipinski definition) is 2. The summed E-state index contributed by atoms with van der Waals surface area (Å²) in [5, 5.41) is 2.86. The van der Waals surface area contributed by atoms with Crippen LogP contribution < -0.4 is 10.9 Å². The first-order chi connectivity index (χ1) is 11.5. The van der Waals surface area contributed by atoms with Crippen molar-refractivity contribution in [2.75, 3.05) is 5.32 Å². The van der Waals surface area contributed by atoms with Crippen molar-refractivity contribution >= 4 is 22.4 Å². The Morgan fingerprint density at radius 3 is 2.83 bits per heavy atom. The van der Waals surface area contributed by atoms with Crippen molar-refractivity contribution in [3.8, 4) is 0 Å². The molecule has 8 heteroatoms. The Balaban J connectivity index is 1.71. The van der Waals surface area contributed by atoms with Crippen molar-refractivity contribution in [1.82, 2.24) is 9.97 Å². The average Bonchev–Trinajstić information content (AvgIpc) is 2.98. The molecule has 0 bridgehead atoms. The number of carbonyl (C=O) groups is 1. The van der Waals surface area contributed by atoms with E-state index >= 15 is 0 Å². The van der Waals surface area contributed by atoms with E-state index in [1.807, 2.05) is 0 Å². The first-order valence-electron chi connectivity index (χ1n) is 6.90. The van der Waals surface area contributed by atoms with Gasteiger partial charge in [-0.3, -0.25) is 14.9 Å². The van der Waals surface area contributed by atoms with Crippen LogP contribution >= 0.6 is 11.3 Å². The molecule has 0 radical (unpaired) electrons. The maximum Gasteiger partial charge on any atom is 0.263 e. The van der Waals surface area contributed by atoms with Crippen LogP contribution in [0.3, 0.4) is 0 Å². The standard InChI is InChI=1S/C16H11F2N3O2S/c17-12-4-3-9(7-13(12)18)6-10-8-20-16(24-10)21-15(23)11-2-1-5-19-14(11)22/h1-5,7-8H,6H2,(H,19,22)(H,20,21,23). The average molecular weight is 347 g/mol. The van der Waals surface area contributed by atoms with E-state index in [4.69, 9.17) is 0 Å². The van der Waals surface area contributed by atoms with Crippen molar-refractivity contribution in [2.45, 2.75) is 6.42 Å². The van der Waals surface area contributed by atoms with Gasteiger partial charge in [-0.15, -0.1) is 11.3 Å². The third-order valence-electron chi connectivity index (χ3n) is 3.20. The lowest BCUT2D eigenvalue weighted by Crippen LogP contribution is -2.22. The van der Waals surface area contributed by atoms with Crippen LogP contribution in [-0.2, 0) is 6.42 Å². The second-order valence-corrected chi connectivity index (χ2v) is 6.04. The van der Waals surface area contributed by atoms with Crippen LogP contribution in [0.25, 0.3) is 0 Å². The van der Waals surface area contributed by atoms with Gasteiger partial charge in [-0.1, -0.05) is 6.07 Å². The van der Waals surface area contributed by atoms with Gasteiger partial charge in [0.05, 0.1) is 0 Å². The number of hydrogen-bond acceptors (Lipinski definition) is 4. The number of amides is 1. The molecule has 0 fully saturated rings. The first-order valence-corrected chi connectivity index (χ1v) is 7.72. The Morgan fingerprint density at radius 1 is 1.25 bits per heavy atom. The zero-order valence-electron chi connectivity index (χ0n) is 12.2. The first kappa shape index (κ1) is 16.0. The molecular formula is C16H11F2N3O2S. The molecule has 0 atom stereocenters. The summed E-state index contributed by atoms with van der Waals surface area (Å²) < 4.78 is 26.1. The molecule has 1 amide bonds. The minimum Gasteiger partial charge on any atom is -0.328 e. The molecule has 24 heavy (non-hydrogen) atoms. The van der Waals surface area contributed by atoms with Crippen LogP contribution in [0.4, 0.5) is 13.9 Å². The number of pyridine rings is 1. The molecule has 2 heterocycles. The molecule has 0 spiro atoms. The molecule has 3 aromatic rings. The van der Waals surface area contributed by atoms with E-state index in [9.17, 15) is 18.4 Å². The molecule has 0 saturated carbocycles. The third kappa shape index (κ3) is 3.54. The lowest BCUT2D eigenvalue weighted by molar-refractivity contribution is 0.102. The minimum atomic E-state index is -0.908. The highest BCUT2D eigenvalue weighted by Gasteiger charge is 2.12. The molecule has 2 N–H and O–H groups in total. The Kier molecular flexibility index (Phi) is 4.48. The lowest BCUT2D eigenvalue weighted by atomic mass is 10.1. The summed E-state index contributed by atoms with van der Waals surface area (Å²) >= 11 is 1.20. The molecule has 1 aromatic carbocycles. The van der Waals surface area contributed by atoms with Gasteiger partial charge < -0.3 is 4.98 Å². The molecule has 0 unspecified atom stereocenters. The summed E-state index contributed by atoms with van der Waals surface area (Å²) in [6.07, 6.45) is 3.33. The fraction of sp³-hybridized carbons (Fsp3) is 0.0625. The van der Waals surface area contributed by atoms with E-state index in [-0.39, 0.29) is 5.56 Å². The summed E-state index contributed by atoms with van der Waals surface area (Å²) in [6, 6.07) is 6.63. The molecule has 0 aliphatic heterocycles. The topological polar surface area (TPSA) is 74.8 Å². The zero-order valence-corrected chi connectivity index (χ0v) is 13.0. The quantitative estimate of drug-likeness (QED) is 0.762. The van der Waals surface area contributed by atoms with E-state index < -0.39 is 23.1 Å². The fourth-order valence-corrected chi connectivity index (χ4v) is 2.90. The van der Waals surface area contributed by atoms with Crippen LogP contribution in [0.1, 0.15) is 20.8 Å². The number of aromatic nitrogens is 2. The van der Waals surface area contributed by atoms with Gasteiger partial charge >= 0.3 is 0 Å². The van der Waals surface area contributed by atoms with Gasteiger partial charge in [0.15, 0.2) is 16.8 Å². The number of rotatable bonds is 4. The van der Waals surface area contributed by atoms with Gasteiger partial charge in [-0.2, -0.15) is 0 Å². The maximum atomic E-state index is 13.2. The molecule has 122 valence electrons. The van der Waals surface area contributed by atoms with Crippen molar-refractivity contribution in [1.29, 1.82) is 0 Å². The Morgan fingerprint density at radius 2 is 2.08 bits per heavy atom. The second kappa shape index (κ2) is 6.71. The van der Waals surface area contributed by atoms with Gasteiger partial charge in [0.2, 0.25) is 0 Å². The molecular weight excluding hydrogens is 336 g/mol. The van der Waals surface area contributed by atoms with Crippen molar-refractivity contribution < 1.29 is 13.6 Å². The number of carbonyl (C=O) groups excluding carboxylic acids is 1. The largest absolute Gasteiger partial charge is 0.328 e. The number of aromatic amines is 1. The van der Waals surface area contributed by atoms with E-state index in [1.54, 1.807) is 6.07 Å². The normalized spacial score (nSPS) is 10.6. The van der Waals surface area contributed by atoms with E-state index in [2.05, 4.69) is 15.3 Å². The van der Waals surface area contributed by atoms with Crippen LogP contribution in [0.5, 0.6) is 0 Å². The van der Waals surface area contributed by atoms with E-state index in [0.717, 1.165) is 17.0 Å². The zero-order chi connectivity index (χ0) is 17.1. The highest BCUT2D eigenvalue weighted by atomic mass is 32.1. The monoisotopic (exact) mass is 347 g/mol. The molecule has 5 nitrogen and oxygen atoms in total. The summed E-state index contributed by atoms with van der Waals surface area (Å²) in [6.45, 7) is 0. The van der Waals surface area contributed by atoms with Crippen molar-refractivity contribution in [2.24, 2.45) is 0 Å². The van der Waals surface area contributed by atoms with Crippen molar-refractivity contribution in [3.63, 3.8) is 0 Å². The Bertz CT molecular complexity index is 952. The summed E-state index contributed by atoms with van der Waals surface area (Å²) in [7, 11) is 0. The summed E-state index contributed by atoms with van der Waals surface area (Å²) in [5.74, 6) is -2.37. The number of H-pyrrole nitrogens is 1. The van der Waals surface area contributed by atoms with E-state index in [0.29, 0.717) is 17.1 Å². The molecule has 0 saturated heterocycles. The van der Waals surface area contributed by atoms with Gasteiger partial charge in [0, 0.05) is 23.7 Å². The lowest BCUT2D eigenvalue weighted by Gasteiger charge is -2.00. The molecule has 3 rings (SSSR count). The number of nitrogens with one attached hydrogen (secondary N) is 2. The molecule has 2 aromatic heterocycles. The predicted molar refractivity (Wildman–Crippen MR) is 86.3 cm³/mol. The predicted octanol–water partition coefficient (Wildman–Crippen LogP) is 2.95. The van der Waals surface area contributed by atoms with Crippen LogP contribution in [-0.4, -0.2) is 15.9 Å². The van der Waals surface area contributed by atoms with E-state index in [1.165, 1.54) is 35.9 Å². The van der Waals surface area contributed by atoms with Gasteiger partial charge in [-0.25, -0.2) is 13.8 Å². The highest BCUT2D eigenvalue weighted by molar-refractivity contribution is 7.15. The van der Waals surface area contributed by atoms with Gasteiger partial charge in [-0.05, 0) is 29.8 Å². The fourth-order valence-electron chi connectivity index (χ4n) is 2.06. The number of nitrogens with zero attached hydrogens (tertiary/aromatic N) is 1. The van der Waals surface area contributed by atoms with Gasteiger partial charge in [0.25, 0.3) is 11.5 Å². The number of benzene rings is 1. The smallest absolute Gasteiger partial charge is 0.263 e. The Labute approximate surface area is 139 Å². The summed E-state index contributed by atoms with van der Waals surface area (Å²) in [4.78, 5) is 30.8. The third-order valence-corrected chi connectivity index (χ3v) is 4.11. The number of halogens is 2. The van der Waals surface area contributed by atoms with Crippen LogP contribution in [0.15, 0.2) is 47.5 Å². The molecule has 0 aliphatic rings. The number of thiazole rings is 1.